The first-order chi connectivity index (χ1) is 9.66. The van der Waals surface area contributed by atoms with E-state index in [2.05, 4.69) is 9.97 Å². The Kier molecular flexibility index (Phi) is 3.38. The Morgan fingerprint density at radius 2 is 2.05 bits per heavy atom. The molecular formula is C14H9ClN2O2S. The van der Waals surface area contributed by atoms with Crippen LogP contribution in [0.15, 0.2) is 52.4 Å². The van der Waals surface area contributed by atoms with Crippen LogP contribution in [0, 0.1) is 0 Å². The van der Waals surface area contributed by atoms with Crippen LogP contribution in [0.3, 0.4) is 0 Å². The minimum atomic E-state index is -1.02. The summed E-state index contributed by atoms with van der Waals surface area (Å²) in [6.45, 7) is 0. The molecule has 0 aliphatic carbocycles. The quantitative estimate of drug-likeness (QED) is 0.765. The van der Waals surface area contributed by atoms with Crippen LogP contribution in [0.4, 0.5) is 0 Å². The minimum Gasteiger partial charge on any atom is -0.477 e. The van der Waals surface area contributed by atoms with Gasteiger partial charge in [-0.05, 0) is 24.3 Å². The fourth-order valence-corrected chi connectivity index (χ4v) is 3.17. The van der Waals surface area contributed by atoms with Gasteiger partial charge in [-0.3, -0.25) is 4.98 Å². The number of hydrogen-bond acceptors (Lipinski definition) is 3. The summed E-state index contributed by atoms with van der Waals surface area (Å²) in [5.74, 6) is -1.02. The second-order valence-electron chi connectivity index (χ2n) is 4.07. The lowest BCUT2D eigenvalue weighted by Crippen LogP contribution is -1.98. The summed E-state index contributed by atoms with van der Waals surface area (Å²) in [5.41, 5.74) is 1.46. The molecule has 2 N–H and O–H groups in total. The van der Waals surface area contributed by atoms with E-state index in [4.69, 9.17) is 11.6 Å². The van der Waals surface area contributed by atoms with Crippen molar-refractivity contribution in [3.05, 3.63) is 53.3 Å². The molecule has 4 nitrogen and oxygen atoms in total. The van der Waals surface area contributed by atoms with Crippen molar-refractivity contribution in [1.82, 2.24) is 9.97 Å². The van der Waals surface area contributed by atoms with Crippen LogP contribution >= 0.6 is 23.4 Å². The van der Waals surface area contributed by atoms with Gasteiger partial charge in [0.25, 0.3) is 0 Å². The third kappa shape index (κ3) is 2.26. The molecule has 3 rings (SSSR count). The van der Waals surface area contributed by atoms with E-state index in [1.54, 1.807) is 24.4 Å². The Hall–Kier alpha value is -1.98. The number of hydrogen-bond donors (Lipinski definition) is 2. The smallest absolute Gasteiger partial charge is 0.353 e. The second kappa shape index (κ2) is 5.19. The molecule has 0 unspecified atom stereocenters. The van der Waals surface area contributed by atoms with Gasteiger partial charge in [0.15, 0.2) is 0 Å². The molecule has 0 bridgehead atoms. The molecule has 0 spiro atoms. The minimum absolute atomic E-state index is 0.128. The zero-order chi connectivity index (χ0) is 14.1. The topological polar surface area (TPSA) is 66.0 Å². The second-order valence-corrected chi connectivity index (χ2v) is 5.53. The summed E-state index contributed by atoms with van der Waals surface area (Å²) >= 11 is 7.42. The fraction of sp³-hybridized carbons (Fsp3) is 0. The SMILES string of the molecule is O=C(O)c1[nH]c2cccnc2c1Sc1ccccc1Cl. The molecule has 3 aromatic rings. The maximum Gasteiger partial charge on any atom is 0.353 e. The molecule has 0 aliphatic rings. The van der Waals surface area contributed by atoms with Gasteiger partial charge in [0, 0.05) is 11.1 Å². The fourth-order valence-electron chi connectivity index (χ4n) is 1.88. The monoisotopic (exact) mass is 304 g/mol. The molecule has 100 valence electrons. The van der Waals surface area contributed by atoms with Crippen LogP contribution < -0.4 is 0 Å². The average molecular weight is 305 g/mol. The summed E-state index contributed by atoms with van der Waals surface area (Å²) in [7, 11) is 0. The molecule has 0 aliphatic heterocycles. The summed E-state index contributed by atoms with van der Waals surface area (Å²) < 4.78 is 0. The van der Waals surface area contributed by atoms with Gasteiger partial charge in [-0.15, -0.1) is 0 Å². The number of carboxylic acids is 1. The Morgan fingerprint density at radius 3 is 2.80 bits per heavy atom. The molecule has 0 radical (unpaired) electrons. The van der Waals surface area contributed by atoms with Crippen molar-refractivity contribution in [2.75, 3.05) is 0 Å². The zero-order valence-corrected chi connectivity index (χ0v) is 11.7. The van der Waals surface area contributed by atoms with Gasteiger partial charge >= 0.3 is 5.97 Å². The van der Waals surface area contributed by atoms with Crippen molar-refractivity contribution in [1.29, 1.82) is 0 Å². The Morgan fingerprint density at radius 1 is 1.25 bits per heavy atom. The summed E-state index contributed by atoms with van der Waals surface area (Å²) in [4.78, 5) is 19.9. The number of aromatic nitrogens is 2. The van der Waals surface area contributed by atoms with E-state index in [1.807, 2.05) is 18.2 Å². The van der Waals surface area contributed by atoms with Crippen LogP contribution in [-0.2, 0) is 0 Å². The van der Waals surface area contributed by atoms with E-state index in [0.717, 1.165) is 4.90 Å². The lowest BCUT2D eigenvalue weighted by Gasteiger charge is -2.03. The Labute approximate surface area is 123 Å². The third-order valence-corrected chi connectivity index (χ3v) is 4.39. The third-order valence-electron chi connectivity index (χ3n) is 2.77. The molecule has 1 aromatic carbocycles. The number of halogens is 1. The molecule has 2 heterocycles. The number of carbonyl (C=O) groups is 1. The maximum atomic E-state index is 11.4. The molecule has 0 fully saturated rings. The maximum absolute atomic E-state index is 11.4. The Bertz CT molecular complexity index is 801. The lowest BCUT2D eigenvalue weighted by atomic mass is 10.3. The number of H-pyrrole nitrogens is 1. The number of nitrogens with one attached hydrogen (secondary N) is 1. The van der Waals surface area contributed by atoms with Crippen molar-refractivity contribution in [3.63, 3.8) is 0 Å². The van der Waals surface area contributed by atoms with E-state index in [0.29, 0.717) is 21.0 Å². The standard InChI is InChI=1S/C14H9ClN2O2S/c15-8-4-1-2-6-10(8)20-13-11-9(5-3-7-16-11)17-12(13)14(18)19/h1-7,17H,(H,18,19). The van der Waals surface area contributed by atoms with Crippen molar-refractivity contribution < 1.29 is 9.90 Å². The molecule has 6 heteroatoms. The highest BCUT2D eigenvalue weighted by Gasteiger charge is 2.19. The molecule has 0 atom stereocenters. The first-order valence-electron chi connectivity index (χ1n) is 5.79. The highest BCUT2D eigenvalue weighted by Crippen LogP contribution is 2.38. The number of nitrogens with zero attached hydrogens (tertiary/aromatic N) is 1. The number of fused-ring (bicyclic) bond motifs is 1. The van der Waals surface area contributed by atoms with Crippen molar-refractivity contribution >= 4 is 40.4 Å². The van der Waals surface area contributed by atoms with Crippen molar-refractivity contribution in [3.8, 4) is 0 Å². The Balaban J connectivity index is 2.17. The molecule has 2 aromatic heterocycles. The highest BCUT2D eigenvalue weighted by atomic mass is 35.5. The number of aromatic carboxylic acids is 1. The van der Waals surface area contributed by atoms with Gasteiger partial charge in [-0.2, -0.15) is 0 Å². The first kappa shape index (κ1) is 13.0. The predicted octanol–water partition coefficient (Wildman–Crippen LogP) is 4.07. The van der Waals surface area contributed by atoms with Crippen LogP contribution in [0.5, 0.6) is 0 Å². The van der Waals surface area contributed by atoms with Crippen LogP contribution in [0.2, 0.25) is 5.02 Å². The van der Waals surface area contributed by atoms with Crippen LogP contribution in [-0.4, -0.2) is 21.0 Å². The molecule has 0 amide bonds. The zero-order valence-electron chi connectivity index (χ0n) is 10.1. The van der Waals surface area contributed by atoms with E-state index in [1.165, 1.54) is 11.8 Å². The summed E-state index contributed by atoms with van der Waals surface area (Å²) in [5, 5.41) is 9.89. The first-order valence-corrected chi connectivity index (χ1v) is 6.98. The molecule has 20 heavy (non-hydrogen) atoms. The highest BCUT2D eigenvalue weighted by molar-refractivity contribution is 7.99. The van der Waals surface area contributed by atoms with Crippen LogP contribution in [0.25, 0.3) is 11.0 Å². The summed E-state index contributed by atoms with van der Waals surface area (Å²) in [6, 6.07) is 10.9. The largest absolute Gasteiger partial charge is 0.477 e. The number of carboxylic acid groups (broad SMARTS) is 1. The molecule has 0 saturated carbocycles. The van der Waals surface area contributed by atoms with Crippen molar-refractivity contribution in [2.24, 2.45) is 0 Å². The van der Waals surface area contributed by atoms with E-state index in [-0.39, 0.29) is 5.69 Å². The van der Waals surface area contributed by atoms with Gasteiger partial charge < -0.3 is 10.1 Å². The van der Waals surface area contributed by atoms with Gasteiger partial charge in [0.1, 0.15) is 11.2 Å². The molecular weight excluding hydrogens is 296 g/mol. The molecule has 0 saturated heterocycles. The normalized spacial score (nSPS) is 10.8. The van der Waals surface area contributed by atoms with Crippen molar-refractivity contribution in [2.45, 2.75) is 9.79 Å². The predicted molar refractivity (Wildman–Crippen MR) is 78.6 cm³/mol. The van der Waals surface area contributed by atoms with E-state index >= 15 is 0 Å². The number of rotatable bonds is 3. The average Bonchev–Trinajstić information content (AvgIpc) is 2.81. The number of benzene rings is 1. The van der Waals surface area contributed by atoms with Gasteiger partial charge in [0.05, 0.1) is 15.4 Å². The summed E-state index contributed by atoms with van der Waals surface area (Å²) in [6.07, 6.45) is 1.64. The van der Waals surface area contributed by atoms with E-state index in [9.17, 15) is 9.90 Å². The van der Waals surface area contributed by atoms with Crippen LogP contribution in [0.1, 0.15) is 10.5 Å². The van der Waals surface area contributed by atoms with Gasteiger partial charge in [0.2, 0.25) is 0 Å². The lowest BCUT2D eigenvalue weighted by molar-refractivity contribution is 0.0688. The van der Waals surface area contributed by atoms with E-state index < -0.39 is 5.97 Å². The number of pyridine rings is 1. The van der Waals surface area contributed by atoms with Gasteiger partial charge in [-0.1, -0.05) is 35.5 Å². The van der Waals surface area contributed by atoms with Gasteiger partial charge in [-0.25, -0.2) is 4.79 Å². The number of aromatic amines is 1.